The van der Waals surface area contributed by atoms with E-state index in [1.165, 1.54) is 0 Å². The van der Waals surface area contributed by atoms with Crippen LogP contribution in [0.4, 0.5) is 11.4 Å². The average Bonchev–Trinajstić information content (AvgIpc) is 2.44. The summed E-state index contributed by atoms with van der Waals surface area (Å²) in [5.41, 5.74) is 2.78. The number of nitrogens with one attached hydrogen (secondary N) is 2. The molecule has 3 nitrogen and oxygen atoms in total. The first-order chi connectivity index (χ1) is 9.58. The molecule has 0 aromatic heterocycles. The van der Waals surface area contributed by atoms with E-state index in [9.17, 15) is 0 Å². The van der Waals surface area contributed by atoms with Crippen molar-refractivity contribution in [3.05, 3.63) is 53.1 Å². The number of methoxy groups -OCH3 is 1. The van der Waals surface area contributed by atoms with Crippen molar-refractivity contribution in [2.75, 3.05) is 17.7 Å². The van der Waals surface area contributed by atoms with Gasteiger partial charge in [-0.15, -0.1) is 0 Å². The summed E-state index contributed by atoms with van der Waals surface area (Å²) in [6, 6.07) is 13.3. The fraction of sp³-hybridized carbons (Fsp3) is 0.133. The fourth-order valence-corrected chi connectivity index (χ4v) is 2.05. The Morgan fingerprint density at radius 3 is 2.25 bits per heavy atom. The zero-order valence-electron chi connectivity index (χ0n) is 11.2. The summed E-state index contributed by atoms with van der Waals surface area (Å²) in [4.78, 5) is 0. The predicted molar refractivity (Wildman–Crippen MR) is 89.0 cm³/mol. The van der Waals surface area contributed by atoms with Gasteiger partial charge < -0.3 is 15.4 Å². The van der Waals surface area contributed by atoms with Crippen molar-refractivity contribution in [3.8, 4) is 5.75 Å². The lowest BCUT2D eigenvalue weighted by Gasteiger charge is -2.11. The van der Waals surface area contributed by atoms with Crippen LogP contribution < -0.4 is 15.4 Å². The highest BCUT2D eigenvalue weighted by Gasteiger charge is 2.01. The van der Waals surface area contributed by atoms with Crippen molar-refractivity contribution in [2.45, 2.75) is 6.92 Å². The molecule has 0 bridgehead atoms. The predicted octanol–water partition coefficient (Wildman–Crippen LogP) is 4.47. The molecule has 0 atom stereocenters. The number of thiocarbonyl (C=S) groups is 1. The van der Waals surface area contributed by atoms with E-state index >= 15 is 0 Å². The molecule has 0 fully saturated rings. The summed E-state index contributed by atoms with van der Waals surface area (Å²) >= 11 is 11.3. The molecule has 0 heterocycles. The van der Waals surface area contributed by atoms with Gasteiger partial charge in [-0.2, -0.15) is 0 Å². The molecule has 0 radical (unpaired) electrons. The van der Waals surface area contributed by atoms with Crippen LogP contribution in [-0.2, 0) is 0 Å². The number of halogens is 1. The molecule has 0 spiro atoms. The summed E-state index contributed by atoms with van der Waals surface area (Å²) in [7, 11) is 1.63. The molecular weight excluding hydrogens is 292 g/mol. The first kappa shape index (κ1) is 14.6. The van der Waals surface area contributed by atoms with E-state index in [2.05, 4.69) is 10.6 Å². The highest BCUT2D eigenvalue weighted by atomic mass is 35.5. The van der Waals surface area contributed by atoms with Gasteiger partial charge in [0.25, 0.3) is 0 Å². The van der Waals surface area contributed by atoms with E-state index < -0.39 is 0 Å². The maximum atomic E-state index is 6.07. The highest BCUT2D eigenvalue weighted by Crippen LogP contribution is 2.20. The number of hydrogen-bond acceptors (Lipinski definition) is 2. The van der Waals surface area contributed by atoms with Crippen LogP contribution in [0, 0.1) is 6.92 Å². The summed E-state index contributed by atoms with van der Waals surface area (Å²) < 4.78 is 5.10. The van der Waals surface area contributed by atoms with Crippen molar-refractivity contribution in [2.24, 2.45) is 0 Å². The third-order valence-electron chi connectivity index (χ3n) is 2.78. The number of anilines is 2. The van der Waals surface area contributed by atoms with E-state index in [4.69, 9.17) is 28.6 Å². The Morgan fingerprint density at radius 2 is 1.65 bits per heavy atom. The highest BCUT2D eigenvalue weighted by molar-refractivity contribution is 7.80. The normalized spacial score (nSPS) is 9.95. The topological polar surface area (TPSA) is 33.3 Å². The monoisotopic (exact) mass is 306 g/mol. The Kier molecular flexibility index (Phi) is 4.82. The van der Waals surface area contributed by atoms with Gasteiger partial charge in [0.2, 0.25) is 0 Å². The van der Waals surface area contributed by atoms with Crippen molar-refractivity contribution in [1.82, 2.24) is 0 Å². The zero-order valence-corrected chi connectivity index (χ0v) is 12.8. The second-order valence-corrected chi connectivity index (χ2v) is 5.09. The molecule has 2 N–H and O–H groups in total. The maximum absolute atomic E-state index is 6.07. The smallest absolute Gasteiger partial charge is 0.175 e. The molecule has 20 heavy (non-hydrogen) atoms. The number of aryl methyl sites for hydroxylation is 1. The van der Waals surface area contributed by atoms with Crippen molar-refractivity contribution in [3.63, 3.8) is 0 Å². The van der Waals surface area contributed by atoms with Gasteiger partial charge in [0, 0.05) is 16.4 Å². The van der Waals surface area contributed by atoms with E-state index in [-0.39, 0.29) is 0 Å². The molecule has 5 heteroatoms. The summed E-state index contributed by atoms with van der Waals surface area (Å²) in [6.45, 7) is 1.96. The van der Waals surface area contributed by atoms with Gasteiger partial charge in [0.15, 0.2) is 5.11 Å². The Morgan fingerprint density at radius 1 is 1.05 bits per heavy atom. The molecule has 2 aromatic rings. The molecule has 104 valence electrons. The van der Waals surface area contributed by atoms with Gasteiger partial charge in [-0.3, -0.25) is 0 Å². The van der Waals surface area contributed by atoms with Crippen LogP contribution in [0.5, 0.6) is 5.75 Å². The quantitative estimate of drug-likeness (QED) is 0.820. The summed E-state index contributed by atoms with van der Waals surface area (Å²) in [6.07, 6.45) is 0. The molecule has 0 aliphatic rings. The fourth-order valence-electron chi connectivity index (χ4n) is 1.64. The number of ether oxygens (including phenoxy) is 1. The standard InChI is InChI=1S/C15H15ClN2OS/c1-10-3-4-12(9-14(10)16)18-15(20)17-11-5-7-13(19-2)8-6-11/h3-9H,1-2H3,(H2,17,18,20). The van der Waals surface area contributed by atoms with Crippen LogP contribution in [0.1, 0.15) is 5.56 Å². The molecule has 0 saturated heterocycles. The van der Waals surface area contributed by atoms with Crippen molar-refractivity contribution in [1.29, 1.82) is 0 Å². The molecular formula is C15H15ClN2OS. The Labute approximate surface area is 128 Å². The minimum Gasteiger partial charge on any atom is -0.497 e. The van der Waals surface area contributed by atoms with E-state index in [1.807, 2.05) is 49.4 Å². The number of hydrogen-bond donors (Lipinski definition) is 2. The lowest BCUT2D eigenvalue weighted by Crippen LogP contribution is -2.18. The number of benzene rings is 2. The van der Waals surface area contributed by atoms with E-state index in [1.54, 1.807) is 7.11 Å². The first-order valence-corrected chi connectivity index (χ1v) is 6.85. The Hall–Kier alpha value is -1.78. The number of rotatable bonds is 3. The molecule has 0 saturated carbocycles. The largest absolute Gasteiger partial charge is 0.497 e. The van der Waals surface area contributed by atoms with Crippen LogP contribution in [0.25, 0.3) is 0 Å². The molecule has 2 aromatic carbocycles. The summed E-state index contributed by atoms with van der Waals surface area (Å²) in [5, 5.41) is 7.41. The van der Waals surface area contributed by atoms with Gasteiger partial charge in [-0.1, -0.05) is 17.7 Å². The third kappa shape index (κ3) is 3.85. The van der Waals surface area contributed by atoms with Gasteiger partial charge >= 0.3 is 0 Å². The van der Waals surface area contributed by atoms with Crippen LogP contribution in [0.3, 0.4) is 0 Å². The minimum atomic E-state index is 0.509. The van der Waals surface area contributed by atoms with Crippen molar-refractivity contribution < 1.29 is 4.74 Å². The molecule has 0 aliphatic heterocycles. The van der Waals surface area contributed by atoms with Crippen LogP contribution in [0.2, 0.25) is 5.02 Å². The van der Waals surface area contributed by atoms with Gasteiger partial charge in [0.05, 0.1) is 7.11 Å². The van der Waals surface area contributed by atoms with E-state index in [0.717, 1.165) is 22.7 Å². The molecule has 0 amide bonds. The summed E-state index contributed by atoms with van der Waals surface area (Å²) in [5.74, 6) is 0.805. The van der Waals surface area contributed by atoms with Crippen LogP contribution in [0.15, 0.2) is 42.5 Å². The maximum Gasteiger partial charge on any atom is 0.175 e. The van der Waals surface area contributed by atoms with E-state index in [0.29, 0.717) is 10.1 Å². The Balaban J connectivity index is 1.99. The van der Waals surface area contributed by atoms with Gasteiger partial charge in [-0.05, 0) is 61.1 Å². The lowest BCUT2D eigenvalue weighted by atomic mass is 10.2. The van der Waals surface area contributed by atoms with Crippen molar-refractivity contribution >= 4 is 40.3 Å². The molecule has 2 rings (SSSR count). The Bertz CT molecular complexity index is 614. The molecule has 0 aliphatic carbocycles. The second-order valence-electron chi connectivity index (χ2n) is 4.27. The second kappa shape index (κ2) is 6.59. The first-order valence-electron chi connectivity index (χ1n) is 6.06. The van der Waals surface area contributed by atoms with Crippen LogP contribution in [-0.4, -0.2) is 12.2 Å². The molecule has 0 unspecified atom stereocenters. The lowest BCUT2D eigenvalue weighted by molar-refractivity contribution is 0.415. The minimum absolute atomic E-state index is 0.509. The van der Waals surface area contributed by atoms with Crippen LogP contribution >= 0.6 is 23.8 Å². The van der Waals surface area contributed by atoms with Gasteiger partial charge in [-0.25, -0.2) is 0 Å². The third-order valence-corrected chi connectivity index (χ3v) is 3.39. The van der Waals surface area contributed by atoms with Gasteiger partial charge in [0.1, 0.15) is 5.75 Å². The SMILES string of the molecule is COc1ccc(NC(=S)Nc2ccc(C)c(Cl)c2)cc1. The average molecular weight is 307 g/mol. The zero-order chi connectivity index (χ0) is 14.5.